The van der Waals surface area contributed by atoms with Gasteiger partial charge in [0, 0.05) is 54.8 Å². The third-order valence-corrected chi connectivity index (χ3v) is 5.24. The Kier molecular flexibility index (Phi) is 5.28. The molecule has 4 nitrogen and oxygen atoms in total. The van der Waals surface area contributed by atoms with Gasteiger partial charge in [0.25, 0.3) is 5.91 Å². The number of nitrogens with zero attached hydrogens (tertiary/aromatic N) is 2. The molecule has 0 atom stereocenters. The fraction of sp³-hybridized carbons (Fsp3) is 0.227. The van der Waals surface area contributed by atoms with E-state index >= 15 is 0 Å². The molecule has 2 aromatic carbocycles. The summed E-state index contributed by atoms with van der Waals surface area (Å²) in [5.41, 5.74) is 2.83. The molecule has 5 heteroatoms. The quantitative estimate of drug-likeness (QED) is 0.734. The molecular weight excluding hydrogens is 358 g/mol. The maximum atomic E-state index is 12.9. The molecule has 1 aliphatic rings. The van der Waals surface area contributed by atoms with Crippen LogP contribution in [-0.4, -0.2) is 53.4 Å². The van der Waals surface area contributed by atoms with Crippen molar-refractivity contribution in [2.75, 3.05) is 32.7 Å². The van der Waals surface area contributed by atoms with Crippen LogP contribution in [0.2, 0.25) is 5.02 Å². The normalized spacial score (nSPS) is 15.7. The molecule has 1 amide bonds. The summed E-state index contributed by atoms with van der Waals surface area (Å²) in [4.78, 5) is 20.4. The molecule has 1 saturated heterocycles. The van der Waals surface area contributed by atoms with Crippen molar-refractivity contribution in [3.63, 3.8) is 0 Å². The lowest BCUT2D eigenvalue weighted by Gasteiger charge is -2.34. The molecule has 4 rings (SSSR count). The van der Waals surface area contributed by atoms with E-state index in [2.05, 4.69) is 34.2 Å². The van der Waals surface area contributed by atoms with Crippen LogP contribution >= 0.6 is 11.6 Å². The van der Waals surface area contributed by atoms with E-state index in [0.29, 0.717) is 5.02 Å². The van der Waals surface area contributed by atoms with Crippen LogP contribution < -0.4 is 0 Å². The third-order valence-electron chi connectivity index (χ3n) is 5.01. The zero-order chi connectivity index (χ0) is 18.6. The number of halogens is 1. The van der Waals surface area contributed by atoms with E-state index in [1.54, 1.807) is 6.20 Å². The number of aromatic amines is 1. The zero-order valence-electron chi connectivity index (χ0n) is 15.1. The molecule has 138 valence electrons. The van der Waals surface area contributed by atoms with Crippen LogP contribution in [0.1, 0.15) is 15.9 Å². The lowest BCUT2D eigenvalue weighted by Crippen LogP contribution is -2.48. The summed E-state index contributed by atoms with van der Waals surface area (Å²) in [5, 5.41) is 1.60. The third kappa shape index (κ3) is 4.07. The number of nitrogens with one attached hydrogen (secondary N) is 1. The Labute approximate surface area is 164 Å². The van der Waals surface area contributed by atoms with Crippen molar-refractivity contribution in [1.29, 1.82) is 0 Å². The largest absolute Gasteiger partial charge is 0.360 e. The number of carbonyl (C=O) groups is 1. The Balaban J connectivity index is 1.34. The number of benzene rings is 2. The summed E-state index contributed by atoms with van der Waals surface area (Å²) in [6.45, 7) is 4.18. The number of piperazine rings is 1. The van der Waals surface area contributed by atoms with Crippen LogP contribution in [0.25, 0.3) is 17.0 Å². The predicted molar refractivity (Wildman–Crippen MR) is 111 cm³/mol. The minimum absolute atomic E-state index is 0.0862. The molecule has 1 aromatic heterocycles. The molecule has 27 heavy (non-hydrogen) atoms. The fourth-order valence-corrected chi connectivity index (χ4v) is 3.65. The lowest BCUT2D eigenvalue weighted by atomic mass is 10.1. The molecule has 0 radical (unpaired) electrons. The summed E-state index contributed by atoms with van der Waals surface area (Å²) in [6.07, 6.45) is 6.13. The second-order valence-electron chi connectivity index (χ2n) is 6.80. The van der Waals surface area contributed by atoms with E-state index in [1.165, 1.54) is 5.56 Å². The topological polar surface area (TPSA) is 39.3 Å². The smallest absolute Gasteiger partial charge is 0.256 e. The summed E-state index contributed by atoms with van der Waals surface area (Å²) < 4.78 is 0. The van der Waals surface area contributed by atoms with Crippen LogP contribution in [0.4, 0.5) is 0 Å². The van der Waals surface area contributed by atoms with Crippen molar-refractivity contribution in [1.82, 2.24) is 14.8 Å². The number of aromatic nitrogens is 1. The molecule has 0 unspecified atom stereocenters. The molecule has 1 fully saturated rings. The van der Waals surface area contributed by atoms with Gasteiger partial charge in [-0.25, -0.2) is 0 Å². The van der Waals surface area contributed by atoms with Gasteiger partial charge in [-0.15, -0.1) is 0 Å². The second kappa shape index (κ2) is 7.99. The standard InChI is InChI=1S/C22H22ClN3O/c23-18-8-9-19-20(16-24-21(19)15-18)22(27)26-13-11-25(12-14-26)10-4-7-17-5-2-1-3-6-17/h1-9,15-16,24H,10-14H2/b7-4+. The fourth-order valence-electron chi connectivity index (χ4n) is 3.48. The highest BCUT2D eigenvalue weighted by atomic mass is 35.5. The number of carbonyl (C=O) groups excluding carboxylic acids is 1. The highest BCUT2D eigenvalue weighted by Crippen LogP contribution is 2.23. The minimum atomic E-state index is 0.0862. The van der Waals surface area contributed by atoms with Gasteiger partial charge < -0.3 is 9.88 Å². The van der Waals surface area contributed by atoms with Crippen molar-refractivity contribution < 1.29 is 4.79 Å². The first-order valence-electron chi connectivity index (χ1n) is 9.20. The van der Waals surface area contributed by atoms with E-state index in [0.717, 1.165) is 49.2 Å². The monoisotopic (exact) mass is 379 g/mol. The van der Waals surface area contributed by atoms with Gasteiger partial charge in [0.1, 0.15) is 0 Å². The van der Waals surface area contributed by atoms with E-state index in [1.807, 2.05) is 41.3 Å². The number of fused-ring (bicyclic) bond motifs is 1. The van der Waals surface area contributed by atoms with Crippen molar-refractivity contribution in [3.8, 4) is 0 Å². The van der Waals surface area contributed by atoms with Crippen molar-refractivity contribution in [2.45, 2.75) is 0 Å². The van der Waals surface area contributed by atoms with Crippen LogP contribution in [0.15, 0.2) is 60.8 Å². The Morgan fingerprint density at radius 1 is 1.07 bits per heavy atom. The molecule has 3 aromatic rings. The molecular formula is C22H22ClN3O. The van der Waals surface area contributed by atoms with Crippen molar-refractivity contribution >= 4 is 34.5 Å². The molecule has 0 spiro atoms. The van der Waals surface area contributed by atoms with Crippen molar-refractivity contribution in [3.05, 3.63) is 77.0 Å². The van der Waals surface area contributed by atoms with Crippen LogP contribution in [-0.2, 0) is 0 Å². The SMILES string of the molecule is O=C(c1c[nH]c2cc(Cl)ccc12)N1CCN(C/C=C/c2ccccc2)CC1. The molecule has 2 heterocycles. The number of rotatable bonds is 4. The maximum Gasteiger partial charge on any atom is 0.256 e. The van der Waals surface area contributed by atoms with Crippen molar-refractivity contribution in [2.24, 2.45) is 0 Å². The number of hydrogen-bond donors (Lipinski definition) is 1. The van der Waals surface area contributed by atoms with Gasteiger partial charge in [0.15, 0.2) is 0 Å². The number of hydrogen-bond acceptors (Lipinski definition) is 2. The van der Waals surface area contributed by atoms with E-state index in [-0.39, 0.29) is 5.91 Å². The summed E-state index contributed by atoms with van der Waals surface area (Å²) in [5.74, 6) is 0.0862. The van der Waals surface area contributed by atoms with E-state index in [9.17, 15) is 4.79 Å². The number of H-pyrrole nitrogens is 1. The zero-order valence-corrected chi connectivity index (χ0v) is 15.8. The minimum Gasteiger partial charge on any atom is -0.360 e. The first-order valence-corrected chi connectivity index (χ1v) is 9.58. The average Bonchev–Trinajstić information content (AvgIpc) is 3.12. The highest BCUT2D eigenvalue weighted by molar-refractivity contribution is 6.31. The van der Waals surface area contributed by atoms with E-state index < -0.39 is 0 Å². The van der Waals surface area contributed by atoms with Gasteiger partial charge in [-0.2, -0.15) is 0 Å². The second-order valence-corrected chi connectivity index (χ2v) is 7.23. The first kappa shape index (κ1) is 17.8. The molecule has 0 bridgehead atoms. The summed E-state index contributed by atoms with van der Waals surface area (Å²) >= 11 is 6.03. The Morgan fingerprint density at radius 2 is 1.85 bits per heavy atom. The van der Waals surface area contributed by atoms with Gasteiger partial charge in [-0.05, 0) is 17.7 Å². The molecule has 1 N–H and O–H groups in total. The Bertz CT molecular complexity index is 956. The summed E-state index contributed by atoms with van der Waals surface area (Å²) in [6, 6.07) is 15.9. The average molecular weight is 380 g/mol. The van der Waals surface area contributed by atoms with Crippen LogP contribution in [0.5, 0.6) is 0 Å². The lowest BCUT2D eigenvalue weighted by molar-refractivity contribution is 0.0652. The van der Waals surface area contributed by atoms with Gasteiger partial charge in [-0.1, -0.05) is 60.2 Å². The Hall–Kier alpha value is -2.56. The Morgan fingerprint density at radius 3 is 2.63 bits per heavy atom. The summed E-state index contributed by atoms with van der Waals surface area (Å²) in [7, 11) is 0. The van der Waals surface area contributed by atoms with E-state index in [4.69, 9.17) is 11.6 Å². The van der Waals surface area contributed by atoms with Gasteiger partial charge >= 0.3 is 0 Å². The van der Waals surface area contributed by atoms with Gasteiger partial charge in [-0.3, -0.25) is 9.69 Å². The predicted octanol–water partition coefficient (Wildman–Crippen LogP) is 4.29. The molecule has 1 aliphatic heterocycles. The van der Waals surface area contributed by atoms with Crippen LogP contribution in [0.3, 0.4) is 0 Å². The molecule has 0 saturated carbocycles. The highest BCUT2D eigenvalue weighted by Gasteiger charge is 2.23. The van der Waals surface area contributed by atoms with Gasteiger partial charge in [0.05, 0.1) is 5.56 Å². The van der Waals surface area contributed by atoms with Gasteiger partial charge in [0.2, 0.25) is 0 Å². The molecule has 0 aliphatic carbocycles. The number of amides is 1. The maximum absolute atomic E-state index is 12.9. The first-order chi connectivity index (χ1) is 13.2. The van der Waals surface area contributed by atoms with Crippen LogP contribution in [0, 0.1) is 0 Å².